The van der Waals surface area contributed by atoms with Gasteiger partial charge >= 0.3 is 5.97 Å². The molecule has 180 valence electrons. The van der Waals surface area contributed by atoms with Crippen molar-refractivity contribution in [3.8, 4) is 6.07 Å². The summed E-state index contributed by atoms with van der Waals surface area (Å²) in [5.41, 5.74) is 3.35. The topological polar surface area (TPSA) is 91.2 Å². The average molecular weight is 528 g/mol. The quantitative estimate of drug-likeness (QED) is 0.318. The second-order valence-corrected chi connectivity index (χ2v) is 9.52. The van der Waals surface area contributed by atoms with Crippen LogP contribution in [-0.4, -0.2) is 24.2 Å². The molecule has 1 heterocycles. The number of benzene rings is 2. The molecule has 0 aromatic heterocycles. The summed E-state index contributed by atoms with van der Waals surface area (Å²) in [5, 5.41) is 17.6. The molecule has 0 saturated carbocycles. The van der Waals surface area contributed by atoms with E-state index in [2.05, 4.69) is 23.3 Å². The molecule has 1 unspecified atom stereocenters. The van der Waals surface area contributed by atoms with Crippen LogP contribution in [-0.2, 0) is 14.3 Å². The molecule has 3 rings (SSSR count). The second-order valence-electron chi connectivity index (χ2n) is 7.69. The minimum absolute atomic E-state index is 0.0376. The highest BCUT2D eigenvalue weighted by Gasteiger charge is 2.35. The molecule has 35 heavy (non-hydrogen) atoms. The van der Waals surface area contributed by atoms with Crippen molar-refractivity contribution in [1.82, 2.24) is 5.32 Å². The number of rotatable bonds is 8. The Hall–Kier alpha value is -3.18. The van der Waals surface area contributed by atoms with Gasteiger partial charge in [0.15, 0.2) is 0 Å². The maximum atomic E-state index is 12.9. The van der Waals surface area contributed by atoms with Crippen LogP contribution in [0.25, 0.3) is 0 Å². The van der Waals surface area contributed by atoms with Crippen molar-refractivity contribution >= 4 is 52.5 Å². The molecule has 0 radical (unpaired) electrons. The van der Waals surface area contributed by atoms with E-state index in [1.165, 1.54) is 17.8 Å². The fraction of sp³-hybridized carbons (Fsp3) is 0.192. The molecule has 0 spiro atoms. The lowest BCUT2D eigenvalue weighted by Crippen LogP contribution is -2.29. The standard InChI is InChI=1S/C26H23Cl2N3O3S/c1-4-11-34-26(33)23-16(3)30-25(20(13-29)24(23)17-6-8-18(27)9-7-17)35-14-22(32)31-19-10-5-15(2)21(28)12-19/h4-10,12,24,30H,1,11,14H2,2-3H3,(H,31,32). The molecule has 0 bridgehead atoms. The fourth-order valence-corrected chi connectivity index (χ4v) is 4.70. The van der Waals surface area contributed by atoms with Crippen LogP contribution < -0.4 is 10.6 Å². The number of anilines is 1. The third-order valence-electron chi connectivity index (χ3n) is 5.21. The number of halogens is 2. The predicted molar refractivity (Wildman–Crippen MR) is 141 cm³/mol. The summed E-state index contributed by atoms with van der Waals surface area (Å²) in [6, 6.07) is 14.4. The van der Waals surface area contributed by atoms with Gasteiger partial charge in [-0.1, -0.05) is 65.8 Å². The SMILES string of the molecule is C=CCOC(=O)C1=C(C)NC(SCC(=O)Nc2ccc(C)c(Cl)c2)=C(C#N)C1c1ccc(Cl)cc1. The van der Waals surface area contributed by atoms with E-state index in [-0.39, 0.29) is 18.3 Å². The number of nitrogens with one attached hydrogen (secondary N) is 2. The Balaban J connectivity index is 1.88. The van der Waals surface area contributed by atoms with E-state index in [9.17, 15) is 14.9 Å². The Bertz CT molecular complexity index is 1260. The number of esters is 1. The number of nitriles is 1. The number of amides is 1. The summed E-state index contributed by atoms with van der Waals surface area (Å²) in [6.45, 7) is 7.22. The number of dihydropyridines is 1. The zero-order valence-electron chi connectivity index (χ0n) is 19.2. The number of carbonyl (C=O) groups excluding carboxylic acids is 2. The van der Waals surface area contributed by atoms with E-state index in [4.69, 9.17) is 27.9 Å². The molecular formula is C26H23Cl2N3O3S. The lowest BCUT2D eigenvalue weighted by atomic mass is 9.82. The molecule has 2 aromatic rings. The van der Waals surface area contributed by atoms with Gasteiger partial charge in [0.1, 0.15) is 6.61 Å². The van der Waals surface area contributed by atoms with Gasteiger partial charge in [0, 0.05) is 21.4 Å². The van der Waals surface area contributed by atoms with Gasteiger partial charge in [-0.05, 0) is 49.2 Å². The molecule has 2 aromatic carbocycles. The van der Waals surface area contributed by atoms with Crippen LogP contribution in [0.3, 0.4) is 0 Å². The maximum Gasteiger partial charge on any atom is 0.337 e. The van der Waals surface area contributed by atoms with Crippen molar-refractivity contribution in [1.29, 1.82) is 5.26 Å². The Kier molecular flexibility index (Phi) is 9.05. The van der Waals surface area contributed by atoms with E-state index >= 15 is 0 Å². The van der Waals surface area contributed by atoms with Crippen LogP contribution in [0.2, 0.25) is 10.0 Å². The van der Waals surface area contributed by atoms with Crippen molar-refractivity contribution in [2.75, 3.05) is 17.7 Å². The van der Waals surface area contributed by atoms with Crippen LogP contribution in [0.1, 0.15) is 24.0 Å². The minimum Gasteiger partial charge on any atom is -0.458 e. The molecule has 6 nitrogen and oxygen atoms in total. The molecule has 2 N–H and O–H groups in total. The van der Waals surface area contributed by atoms with Crippen LogP contribution >= 0.6 is 35.0 Å². The summed E-state index contributed by atoms with van der Waals surface area (Å²) >= 11 is 13.4. The van der Waals surface area contributed by atoms with Gasteiger partial charge in [-0.25, -0.2) is 4.79 Å². The third kappa shape index (κ3) is 6.49. The number of nitrogens with zero attached hydrogens (tertiary/aromatic N) is 1. The number of carbonyl (C=O) groups is 2. The van der Waals surface area contributed by atoms with E-state index in [0.29, 0.717) is 43.2 Å². The molecule has 0 fully saturated rings. The van der Waals surface area contributed by atoms with E-state index in [1.54, 1.807) is 43.3 Å². The van der Waals surface area contributed by atoms with Crippen molar-refractivity contribution < 1.29 is 14.3 Å². The summed E-state index contributed by atoms with van der Waals surface area (Å²) in [6.07, 6.45) is 1.48. The van der Waals surface area contributed by atoms with Crippen LogP contribution in [0.5, 0.6) is 0 Å². The van der Waals surface area contributed by atoms with Gasteiger partial charge in [0.05, 0.1) is 33.9 Å². The minimum atomic E-state index is -0.683. The molecule has 9 heteroatoms. The Morgan fingerprint density at radius 1 is 1.23 bits per heavy atom. The lowest BCUT2D eigenvalue weighted by molar-refractivity contribution is -0.138. The zero-order chi connectivity index (χ0) is 25.5. The highest BCUT2D eigenvalue weighted by Crippen LogP contribution is 2.41. The van der Waals surface area contributed by atoms with E-state index in [0.717, 1.165) is 5.56 Å². The number of aryl methyl sites for hydroxylation is 1. The van der Waals surface area contributed by atoms with Gasteiger partial charge in [0.2, 0.25) is 5.91 Å². The third-order valence-corrected chi connectivity index (χ3v) is 6.88. The first-order valence-corrected chi connectivity index (χ1v) is 12.3. The number of allylic oxidation sites excluding steroid dienone is 2. The maximum absolute atomic E-state index is 12.9. The number of ether oxygens (including phenoxy) is 1. The molecule has 0 saturated heterocycles. The van der Waals surface area contributed by atoms with Crippen molar-refractivity contribution in [3.63, 3.8) is 0 Å². The average Bonchev–Trinajstić information content (AvgIpc) is 2.83. The molecule has 1 aliphatic heterocycles. The Labute approximate surface area is 218 Å². The first-order chi connectivity index (χ1) is 16.7. The van der Waals surface area contributed by atoms with Crippen LogP contribution in [0.4, 0.5) is 5.69 Å². The number of thioether (sulfide) groups is 1. The Morgan fingerprint density at radius 2 is 1.94 bits per heavy atom. The summed E-state index contributed by atoms with van der Waals surface area (Å²) in [7, 11) is 0. The van der Waals surface area contributed by atoms with Crippen molar-refractivity contribution in [3.05, 3.63) is 98.2 Å². The highest BCUT2D eigenvalue weighted by molar-refractivity contribution is 8.03. The van der Waals surface area contributed by atoms with Gasteiger partial charge in [0.25, 0.3) is 0 Å². The van der Waals surface area contributed by atoms with E-state index < -0.39 is 11.9 Å². The van der Waals surface area contributed by atoms with Crippen LogP contribution in [0.15, 0.2) is 77.0 Å². The first kappa shape index (κ1) is 26.4. The fourth-order valence-electron chi connectivity index (χ4n) is 3.50. The molecular weight excluding hydrogens is 505 g/mol. The van der Waals surface area contributed by atoms with Gasteiger partial charge in [-0.15, -0.1) is 0 Å². The normalized spacial score (nSPS) is 15.2. The van der Waals surface area contributed by atoms with E-state index in [1.807, 2.05) is 13.0 Å². The molecule has 1 atom stereocenters. The molecule has 0 aliphatic carbocycles. The Morgan fingerprint density at radius 3 is 2.57 bits per heavy atom. The van der Waals surface area contributed by atoms with Crippen molar-refractivity contribution in [2.45, 2.75) is 19.8 Å². The van der Waals surface area contributed by atoms with Gasteiger partial charge < -0.3 is 15.4 Å². The number of hydrogen-bond donors (Lipinski definition) is 2. The van der Waals surface area contributed by atoms with Gasteiger partial charge in [-0.2, -0.15) is 5.26 Å². The number of hydrogen-bond acceptors (Lipinski definition) is 6. The lowest BCUT2D eigenvalue weighted by Gasteiger charge is -2.29. The summed E-state index contributed by atoms with van der Waals surface area (Å²) < 4.78 is 5.29. The largest absolute Gasteiger partial charge is 0.458 e. The monoisotopic (exact) mass is 527 g/mol. The highest BCUT2D eigenvalue weighted by atomic mass is 35.5. The summed E-state index contributed by atoms with van der Waals surface area (Å²) in [4.78, 5) is 25.5. The molecule has 1 amide bonds. The van der Waals surface area contributed by atoms with Crippen LogP contribution in [0, 0.1) is 18.3 Å². The second kappa shape index (κ2) is 12.0. The molecule has 1 aliphatic rings. The first-order valence-electron chi connectivity index (χ1n) is 10.6. The van der Waals surface area contributed by atoms with Gasteiger partial charge in [-0.3, -0.25) is 4.79 Å². The zero-order valence-corrected chi connectivity index (χ0v) is 21.5. The predicted octanol–water partition coefficient (Wildman–Crippen LogP) is 6.10. The van der Waals surface area contributed by atoms with Crippen molar-refractivity contribution in [2.24, 2.45) is 0 Å². The smallest absolute Gasteiger partial charge is 0.337 e. The summed E-state index contributed by atoms with van der Waals surface area (Å²) in [5.74, 6) is -1.46.